The lowest BCUT2D eigenvalue weighted by molar-refractivity contribution is -0.384. The first-order valence-corrected chi connectivity index (χ1v) is 5.79. The van der Waals surface area contributed by atoms with Gasteiger partial charge in [-0.25, -0.2) is 0 Å². The molecular weight excluding hydrogens is 234 g/mol. The van der Waals surface area contributed by atoms with E-state index in [1.165, 1.54) is 12.1 Å². The number of nitro groups is 1. The number of hydrogen-bond donors (Lipinski definition) is 1. The maximum Gasteiger partial charge on any atom is 0.269 e. The van der Waals surface area contributed by atoms with Crippen molar-refractivity contribution >= 4 is 11.6 Å². The van der Waals surface area contributed by atoms with Crippen LogP contribution in [0.2, 0.25) is 0 Å². The highest BCUT2D eigenvalue weighted by atomic mass is 16.6. The van der Waals surface area contributed by atoms with Gasteiger partial charge in [0.05, 0.1) is 4.92 Å². The normalized spacial score (nSPS) is 12.4. The molecule has 6 heteroatoms. The van der Waals surface area contributed by atoms with Gasteiger partial charge in [0.2, 0.25) is 5.91 Å². The molecule has 0 radical (unpaired) electrons. The number of nitrogens with zero attached hydrogens (tertiary/aromatic N) is 2. The van der Waals surface area contributed by atoms with E-state index in [1.54, 1.807) is 12.1 Å². The third-order valence-corrected chi connectivity index (χ3v) is 2.84. The van der Waals surface area contributed by atoms with Crippen LogP contribution in [0, 0.1) is 10.1 Å². The summed E-state index contributed by atoms with van der Waals surface area (Å²) in [4.78, 5) is 23.7. The summed E-state index contributed by atoms with van der Waals surface area (Å²) in [5.74, 6) is -0.501. The molecule has 98 valence electrons. The smallest absolute Gasteiger partial charge is 0.269 e. The predicted molar refractivity (Wildman–Crippen MR) is 68.0 cm³/mol. The minimum Gasteiger partial charge on any atom is -0.368 e. The van der Waals surface area contributed by atoms with Crippen molar-refractivity contribution in [3.05, 3.63) is 39.9 Å². The number of amides is 1. The second kappa shape index (κ2) is 6.11. The Hall–Kier alpha value is -1.95. The van der Waals surface area contributed by atoms with Crippen LogP contribution in [0.1, 0.15) is 25.5 Å². The van der Waals surface area contributed by atoms with Gasteiger partial charge in [-0.15, -0.1) is 0 Å². The first-order chi connectivity index (χ1) is 8.51. The van der Waals surface area contributed by atoms with E-state index in [4.69, 9.17) is 5.73 Å². The summed E-state index contributed by atoms with van der Waals surface area (Å²) >= 11 is 0. The van der Waals surface area contributed by atoms with Gasteiger partial charge in [0.15, 0.2) is 0 Å². The summed E-state index contributed by atoms with van der Waals surface area (Å²) in [6.45, 7) is 5.12. The van der Waals surface area contributed by atoms with Gasteiger partial charge in [-0.2, -0.15) is 0 Å². The van der Waals surface area contributed by atoms with E-state index in [-0.39, 0.29) is 5.69 Å². The molecule has 0 heterocycles. The Morgan fingerprint density at radius 2 is 2.06 bits per heavy atom. The van der Waals surface area contributed by atoms with Crippen LogP contribution in [0.5, 0.6) is 0 Å². The highest BCUT2D eigenvalue weighted by molar-refractivity contribution is 5.81. The van der Waals surface area contributed by atoms with E-state index < -0.39 is 16.9 Å². The molecule has 0 aliphatic heterocycles. The van der Waals surface area contributed by atoms with Crippen LogP contribution in [0.3, 0.4) is 0 Å². The second-order valence-electron chi connectivity index (χ2n) is 3.88. The van der Waals surface area contributed by atoms with Gasteiger partial charge in [-0.1, -0.05) is 26.0 Å². The molecule has 6 nitrogen and oxygen atoms in total. The molecule has 1 unspecified atom stereocenters. The largest absolute Gasteiger partial charge is 0.368 e. The fourth-order valence-electron chi connectivity index (χ4n) is 1.95. The lowest BCUT2D eigenvalue weighted by atomic mass is 10.0. The molecule has 0 aromatic heterocycles. The monoisotopic (exact) mass is 251 g/mol. The molecule has 0 saturated heterocycles. The molecule has 0 spiro atoms. The summed E-state index contributed by atoms with van der Waals surface area (Å²) in [6.07, 6.45) is 0. The first-order valence-electron chi connectivity index (χ1n) is 5.79. The van der Waals surface area contributed by atoms with Crippen molar-refractivity contribution in [1.82, 2.24) is 4.90 Å². The van der Waals surface area contributed by atoms with Crippen LogP contribution in [-0.4, -0.2) is 28.8 Å². The average Bonchev–Trinajstić information content (AvgIpc) is 2.35. The van der Waals surface area contributed by atoms with Crippen LogP contribution in [-0.2, 0) is 4.79 Å². The molecule has 1 rings (SSSR count). The number of nitrogens with two attached hydrogens (primary N) is 1. The van der Waals surface area contributed by atoms with Gasteiger partial charge in [-0.05, 0) is 18.7 Å². The molecular formula is C12H17N3O3. The third-order valence-electron chi connectivity index (χ3n) is 2.84. The van der Waals surface area contributed by atoms with Crippen LogP contribution in [0.25, 0.3) is 0 Å². The summed E-state index contributed by atoms with van der Waals surface area (Å²) in [5, 5.41) is 10.7. The molecule has 0 aliphatic rings. The maximum atomic E-state index is 11.6. The summed E-state index contributed by atoms with van der Waals surface area (Å²) < 4.78 is 0. The van der Waals surface area contributed by atoms with Gasteiger partial charge in [0.1, 0.15) is 6.04 Å². The van der Waals surface area contributed by atoms with Crippen molar-refractivity contribution < 1.29 is 9.72 Å². The van der Waals surface area contributed by atoms with Gasteiger partial charge < -0.3 is 5.73 Å². The predicted octanol–water partition coefficient (Wildman–Crippen LogP) is 1.46. The number of non-ortho nitro benzene ring substituents is 1. The van der Waals surface area contributed by atoms with Crippen molar-refractivity contribution in [2.45, 2.75) is 19.9 Å². The summed E-state index contributed by atoms with van der Waals surface area (Å²) in [6, 6.07) is 5.41. The highest BCUT2D eigenvalue weighted by Gasteiger charge is 2.24. The molecule has 0 bridgehead atoms. The number of rotatable bonds is 6. The lowest BCUT2D eigenvalue weighted by Crippen LogP contribution is -2.37. The van der Waals surface area contributed by atoms with Gasteiger partial charge in [-0.3, -0.25) is 19.8 Å². The Labute approximate surface area is 106 Å². The molecule has 1 aromatic rings. The highest BCUT2D eigenvalue weighted by Crippen LogP contribution is 2.23. The quantitative estimate of drug-likeness (QED) is 0.612. The molecule has 1 atom stereocenters. The minimum atomic E-state index is -0.625. The fraction of sp³-hybridized carbons (Fsp3) is 0.417. The van der Waals surface area contributed by atoms with Crippen LogP contribution >= 0.6 is 0 Å². The van der Waals surface area contributed by atoms with Gasteiger partial charge >= 0.3 is 0 Å². The zero-order valence-electron chi connectivity index (χ0n) is 10.5. The van der Waals surface area contributed by atoms with Gasteiger partial charge in [0.25, 0.3) is 5.69 Å². The van der Waals surface area contributed by atoms with E-state index in [0.29, 0.717) is 18.7 Å². The molecule has 2 N–H and O–H groups in total. The number of nitro benzene ring substituents is 1. The van der Waals surface area contributed by atoms with Crippen molar-refractivity contribution in [2.75, 3.05) is 13.1 Å². The number of primary amides is 1. The third kappa shape index (κ3) is 3.04. The van der Waals surface area contributed by atoms with E-state index in [9.17, 15) is 14.9 Å². The van der Waals surface area contributed by atoms with Crippen molar-refractivity contribution in [3.8, 4) is 0 Å². The van der Waals surface area contributed by atoms with E-state index in [0.717, 1.165) is 0 Å². The van der Waals surface area contributed by atoms with Gasteiger partial charge in [0, 0.05) is 12.1 Å². The lowest BCUT2D eigenvalue weighted by Gasteiger charge is -2.27. The SMILES string of the molecule is CCN(CC)C(C(N)=O)c1cccc([N+](=O)[O-])c1. The Kier molecular flexibility index (Phi) is 4.79. The number of likely N-dealkylation sites (N-methyl/N-ethyl adjacent to an activating group) is 1. The Morgan fingerprint density at radius 1 is 1.44 bits per heavy atom. The molecule has 0 fully saturated rings. The van der Waals surface area contributed by atoms with Crippen LogP contribution < -0.4 is 5.73 Å². The van der Waals surface area contributed by atoms with Crippen LogP contribution in [0.4, 0.5) is 5.69 Å². The fourth-order valence-corrected chi connectivity index (χ4v) is 1.95. The molecule has 0 saturated carbocycles. The van der Waals surface area contributed by atoms with Crippen molar-refractivity contribution in [2.24, 2.45) is 5.73 Å². The Balaban J connectivity index is 3.17. The number of carbonyl (C=O) groups excluding carboxylic acids is 1. The molecule has 1 aromatic carbocycles. The number of hydrogen-bond acceptors (Lipinski definition) is 4. The Bertz CT molecular complexity index is 444. The summed E-state index contributed by atoms with van der Waals surface area (Å²) in [5.41, 5.74) is 5.92. The molecule has 0 aliphatic carbocycles. The first kappa shape index (κ1) is 14.1. The topological polar surface area (TPSA) is 89.5 Å². The Morgan fingerprint density at radius 3 is 2.50 bits per heavy atom. The number of benzene rings is 1. The average molecular weight is 251 g/mol. The molecule has 1 amide bonds. The zero-order chi connectivity index (χ0) is 13.7. The van der Waals surface area contributed by atoms with Crippen molar-refractivity contribution in [1.29, 1.82) is 0 Å². The summed E-state index contributed by atoms with van der Waals surface area (Å²) in [7, 11) is 0. The maximum absolute atomic E-state index is 11.6. The molecule has 18 heavy (non-hydrogen) atoms. The van der Waals surface area contributed by atoms with Crippen molar-refractivity contribution in [3.63, 3.8) is 0 Å². The zero-order valence-corrected chi connectivity index (χ0v) is 10.5. The standard InChI is InChI=1S/C12H17N3O3/c1-3-14(4-2)11(12(13)16)9-6-5-7-10(8-9)15(17)18/h5-8,11H,3-4H2,1-2H3,(H2,13,16). The van der Waals surface area contributed by atoms with E-state index >= 15 is 0 Å². The number of carbonyl (C=O) groups is 1. The van der Waals surface area contributed by atoms with E-state index in [2.05, 4.69) is 0 Å². The van der Waals surface area contributed by atoms with Crippen LogP contribution in [0.15, 0.2) is 24.3 Å². The van der Waals surface area contributed by atoms with E-state index in [1.807, 2.05) is 18.7 Å². The second-order valence-corrected chi connectivity index (χ2v) is 3.88. The minimum absolute atomic E-state index is 0.0362.